The van der Waals surface area contributed by atoms with Gasteiger partial charge in [-0.25, -0.2) is 4.98 Å². The highest BCUT2D eigenvalue weighted by Crippen LogP contribution is 2.46. The SMILES string of the molecule is CN1CCCC(c2cnc(C3(CN)CC3)[nH]2)C1. The fraction of sp³-hybridized carbons (Fsp3) is 0.769. The molecule has 1 saturated heterocycles. The molecule has 0 bridgehead atoms. The second-order valence-corrected chi connectivity index (χ2v) is 5.77. The summed E-state index contributed by atoms with van der Waals surface area (Å²) < 4.78 is 0. The molecule has 3 N–H and O–H groups in total. The van der Waals surface area contributed by atoms with E-state index in [1.807, 2.05) is 6.20 Å². The molecule has 0 amide bonds. The average molecular weight is 234 g/mol. The van der Waals surface area contributed by atoms with Crippen molar-refractivity contribution in [3.63, 3.8) is 0 Å². The van der Waals surface area contributed by atoms with Crippen LogP contribution in [0.25, 0.3) is 0 Å². The lowest BCUT2D eigenvalue weighted by atomic mass is 9.96. The molecule has 94 valence electrons. The molecule has 1 unspecified atom stereocenters. The third-order valence-corrected chi connectivity index (χ3v) is 4.41. The van der Waals surface area contributed by atoms with Gasteiger partial charge < -0.3 is 15.6 Å². The maximum Gasteiger partial charge on any atom is 0.113 e. The van der Waals surface area contributed by atoms with Gasteiger partial charge in [-0.05, 0) is 39.3 Å². The second kappa shape index (κ2) is 4.10. The van der Waals surface area contributed by atoms with Crippen molar-refractivity contribution in [1.29, 1.82) is 0 Å². The highest BCUT2D eigenvalue weighted by atomic mass is 15.1. The van der Waals surface area contributed by atoms with E-state index < -0.39 is 0 Å². The summed E-state index contributed by atoms with van der Waals surface area (Å²) in [5.41, 5.74) is 7.35. The van der Waals surface area contributed by atoms with E-state index in [-0.39, 0.29) is 5.41 Å². The minimum absolute atomic E-state index is 0.193. The number of rotatable bonds is 3. The van der Waals surface area contributed by atoms with Gasteiger partial charge >= 0.3 is 0 Å². The van der Waals surface area contributed by atoms with Crippen molar-refractivity contribution in [1.82, 2.24) is 14.9 Å². The minimum atomic E-state index is 0.193. The van der Waals surface area contributed by atoms with Crippen molar-refractivity contribution in [2.24, 2.45) is 5.73 Å². The summed E-state index contributed by atoms with van der Waals surface area (Å²) in [5.74, 6) is 1.76. The Kier molecular flexibility index (Phi) is 2.71. The molecule has 1 aliphatic carbocycles. The summed E-state index contributed by atoms with van der Waals surface area (Å²) in [4.78, 5) is 10.5. The Morgan fingerprint density at radius 1 is 1.59 bits per heavy atom. The summed E-state index contributed by atoms with van der Waals surface area (Å²) in [5, 5.41) is 0. The van der Waals surface area contributed by atoms with Gasteiger partial charge in [0.25, 0.3) is 0 Å². The molecular formula is C13H22N4. The lowest BCUT2D eigenvalue weighted by Crippen LogP contribution is -2.31. The molecule has 1 saturated carbocycles. The molecule has 4 heteroatoms. The molecule has 1 aromatic heterocycles. The minimum Gasteiger partial charge on any atom is -0.345 e. The largest absolute Gasteiger partial charge is 0.345 e. The molecule has 1 aromatic rings. The van der Waals surface area contributed by atoms with E-state index in [2.05, 4.69) is 21.9 Å². The van der Waals surface area contributed by atoms with Gasteiger partial charge in [0.2, 0.25) is 0 Å². The normalized spacial score (nSPS) is 28.2. The van der Waals surface area contributed by atoms with Crippen LogP contribution in [0.4, 0.5) is 0 Å². The van der Waals surface area contributed by atoms with Crippen molar-refractivity contribution >= 4 is 0 Å². The summed E-state index contributed by atoms with van der Waals surface area (Å²) in [6.07, 6.45) is 7.00. The highest BCUT2D eigenvalue weighted by Gasteiger charge is 2.45. The molecule has 0 aromatic carbocycles. The van der Waals surface area contributed by atoms with E-state index in [9.17, 15) is 0 Å². The molecule has 1 atom stereocenters. The average Bonchev–Trinajstić information content (AvgIpc) is 2.99. The number of nitrogens with zero attached hydrogens (tertiary/aromatic N) is 2. The number of nitrogens with two attached hydrogens (primary N) is 1. The summed E-state index contributed by atoms with van der Waals surface area (Å²) in [6, 6.07) is 0. The third kappa shape index (κ3) is 2.00. The molecule has 1 aliphatic heterocycles. The Labute approximate surface area is 103 Å². The number of H-pyrrole nitrogens is 1. The predicted octanol–water partition coefficient (Wildman–Crippen LogP) is 1.21. The maximum absolute atomic E-state index is 5.84. The number of nitrogens with one attached hydrogen (secondary N) is 1. The van der Waals surface area contributed by atoms with Gasteiger partial charge in [0.05, 0.1) is 0 Å². The molecule has 0 radical (unpaired) electrons. The molecule has 17 heavy (non-hydrogen) atoms. The number of imidazole rings is 1. The van der Waals surface area contributed by atoms with Gasteiger partial charge in [-0.1, -0.05) is 0 Å². The van der Waals surface area contributed by atoms with E-state index in [1.165, 1.54) is 37.9 Å². The van der Waals surface area contributed by atoms with Crippen LogP contribution in [-0.2, 0) is 5.41 Å². The predicted molar refractivity (Wildman–Crippen MR) is 68.0 cm³/mol. The van der Waals surface area contributed by atoms with Gasteiger partial charge in [0.15, 0.2) is 0 Å². The number of hydrogen-bond acceptors (Lipinski definition) is 3. The smallest absolute Gasteiger partial charge is 0.113 e. The van der Waals surface area contributed by atoms with E-state index in [0.717, 1.165) is 18.9 Å². The zero-order valence-electron chi connectivity index (χ0n) is 10.6. The van der Waals surface area contributed by atoms with Crippen molar-refractivity contribution in [2.75, 3.05) is 26.7 Å². The van der Waals surface area contributed by atoms with Crippen LogP contribution >= 0.6 is 0 Å². The van der Waals surface area contributed by atoms with Gasteiger partial charge in [-0.3, -0.25) is 0 Å². The van der Waals surface area contributed by atoms with Crippen LogP contribution in [0.15, 0.2) is 6.20 Å². The van der Waals surface area contributed by atoms with E-state index >= 15 is 0 Å². The van der Waals surface area contributed by atoms with Crippen LogP contribution in [0, 0.1) is 0 Å². The number of hydrogen-bond donors (Lipinski definition) is 2. The molecule has 2 heterocycles. The topological polar surface area (TPSA) is 57.9 Å². The standard InChI is InChI=1S/C13H22N4/c1-17-6-2-3-10(8-17)11-7-15-12(16-11)13(9-14)4-5-13/h7,10H,2-6,8-9,14H2,1H3,(H,15,16). The van der Waals surface area contributed by atoms with Crippen LogP contribution in [0.1, 0.15) is 43.1 Å². The number of likely N-dealkylation sites (N-methyl/N-ethyl adjacent to an activating group) is 1. The zero-order chi connectivity index (χ0) is 11.9. The van der Waals surface area contributed by atoms with Gasteiger partial charge in [-0.2, -0.15) is 0 Å². The fourth-order valence-electron chi connectivity index (χ4n) is 2.92. The first-order valence-corrected chi connectivity index (χ1v) is 6.67. The second-order valence-electron chi connectivity index (χ2n) is 5.77. The van der Waals surface area contributed by atoms with E-state index in [4.69, 9.17) is 5.73 Å². The maximum atomic E-state index is 5.84. The molecule has 2 fully saturated rings. The van der Waals surface area contributed by atoms with Gasteiger partial charge in [-0.15, -0.1) is 0 Å². The quantitative estimate of drug-likeness (QED) is 0.826. The lowest BCUT2D eigenvalue weighted by Gasteiger charge is -2.28. The number of piperidine rings is 1. The number of aromatic amines is 1. The third-order valence-electron chi connectivity index (χ3n) is 4.41. The molecule has 4 nitrogen and oxygen atoms in total. The van der Waals surface area contributed by atoms with Gasteiger partial charge in [0.1, 0.15) is 5.82 Å². The van der Waals surface area contributed by atoms with Crippen molar-refractivity contribution in [3.05, 3.63) is 17.7 Å². The Balaban J connectivity index is 1.76. The molecule has 0 spiro atoms. The first-order chi connectivity index (χ1) is 8.23. The molecule has 2 aliphatic rings. The van der Waals surface area contributed by atoms with Crippen LogP contribution in [0.2, 0.25) is 0 Å². The Morgan fingerprint density at radius 2 is 2.41 bits per heavy atom. The summed E-state index contributed by atoms with van der Waals surface area (Å²) in [6.45, 7) is 3.10. The summed E-state index contributed by atoms with van der Waals surface area (Å²) >= 11 is 0. The highest BCUT2D eigenvalue weighted by molar-refractivity contribution is 5.22. The van der Waals surface area contributed by atoms with Crippen LogP contribution in [0.3, 0.4) is 0 Å². The number of likely N-dealkylation sites (tertiary alicyclic amines) is 1. The van der Waals surface area contributed by atoms with Crippen LogP contribution in [0.5, 0.6) is 0 Å². The first kappa shape index (κ1) is 11.2. The summed E-state index contributed by atoms with van der Waals surface area (Å²) in [7, 11) is 2.20. The number of aromatic nitrogens is 2. The van der Waals surface area contributed by atoms with Crippen molar-refractivity contribution < 1.29 is 0 Å². The monoisotopic (exact) mass is 234 g/mol. The van der Waals surface area contributed by atoms with E-state index in [0.29, 0.717) is 5.92 Å². The van der Waals surface area contributed by atoms with Crippen molar-refractivity contribution in [2.45, 2.75) is 37.0 Å². The molecular weight excluding hydrogens is 212 g/mol. The Morgan fingerprint density at radius 3 is 3.06 bits per heavy atom. The van der Waals surface area contributed by atoms with Gasteiger partial charge in [0, 0.05) is 36.3 Å². The lowest BCUT2D eigenvalue weighted by molar-refractivity contribution is 0.248. The Hall–Kier alpha value is -0.870. The first-order valence-electron chi connectivity index (χ1n) is 6.67. The van der Waals surface area contributed by atoms with Crippen molar-refractivity contribution in [3.8, 4) is 0 Å². The zero-order valence-corrected chi connectivity index (χ0v) is 10.6. The van der Waals surface area contributed by atoms with Crippen LogP contribution < -0.4 is 5.73 Å². The Bertz CT molecular complexity index is 394. The fourth-order valence-corrected chi connectivity index (χ4v) is 2.92. The van der Waals surface area contributed by atoms with Crippen LogP contribution in [-0.4, -0.2) is 41.5 Å². The molecule has 3 rings (SSSR count). The van der Waals surface area contributed by atoms with E-state index in [1.54, 1.807) is 0 Å².